The summed E-state index contributed by atoms with van der Waals surface area (Å²) in [4.78, 5) is 10.3. The quantitative estimate of drug-likeness (QED) is 0.695. The van der Waals surface area contributed by atoms with Crippen molar-refractivity contribution in [3.8, 4) is 0 Å². The summed E-state index contributed by atoms with van der Waals surface area (Å²) in [6.45, 7) is 4.45. The summed E-state index contributed by atoms with van der Waals surface area (Å²) in [5.41, 5.74) is 0.321. The summed E-state index contributed by atoms with van der Waals surface area (Å²) >= 11 is 0. The molecule has 0 amide bonds. The topological polar surface area (TPSA) is 17.1 Å². The fraction of sp³-hybridized carbons (Fsp3) is 0.900. The van der Waals surface area contributed by atoms with Gasteiger partial charge < -0.3 is 4.79 Å². The van der Waals surface area contributed by atoms with E-state index >= 15 is 0 Å². The molecule has 1 radical (unpaired) electrons. The predicted octanol–water partition coefficient (Wildman–Crippen LogP) is 2.70. The molecule has 0 aliphatic heterocycles. The molecular weight excluding hydrogens is 225 g/mol. The minimum absolute atomic E-state index is 0. The Hall–Kier alpha value is 0.774. The van der Waals surface area contributed by atoms with E-state index in [1.54, 1.807) is 0 Å². The van der Waals surface area contributed by atoms with E-state index in [0.717, 1.165) is 0 Å². The second kappa shape index (κ2) is 5.49. The van der Waals surface area contributed by atoms with Gasteiger partial charge in [-0.2, -0.15) is 0 Å². The van der Waals surface area contributed by atoms with Crippen molar-refractivity contribution in [3.05, 3.63) is 0 Å². The first-order valence-electron chi connectivity index (χ1n) is 4.56. The van der Waals surface area contributed by atoms with Crippen LogP contribution in [0.25, 0.3) is 0 Å². The zero-order valence-electron chi connectivity index (χ0n) is 8.10. The molecule has 0 bridgehead atoms. The summed E-state index contributed by atoms with van der Waals surface area (Å²) < 4.78 is 0. The number of hydrogen-bond acceptors (Lipinski definition) is 1. The molecule has 12 heavy (non-hydrogen) atoms. The van der Waals surface area contributed by atoms with Crippen LogP contribution in [0.3, 0.4) is 0 Å². The minimum atomic E-state index is 0. The molecule has 0 aromatic rings. The van der Waals surface area contributed by atoms with Crippen LogP contribution in [0.15, 0.2) is 0 Å². The Morgan fingerprint density at radius 3 is 2.17 bits per heavy atom. The summed E-state index contributed by atoms with van der Waals surface area (Å²) in [5.74, 6) is 0.645. The molecule has 1 saturated carbocycles. The monoisotopic (exact) mass is 242 g/mol. The van der Waals surface area contributed by atoms with E-state index in [1.807, 2.05) is 0 Å². The summed E-state index contributed by atoms with van der Waals surface area (Å²) in [5, 5.41) is 0. The predicted molar refractivity (Wildman–Crippen MR) is 46.0 cm³/mol. The maximum Gasteiger partial charge on any atom is 0 e. The van der Waals surface area contributed by atoms with Crippen molar-refractivity contribution in [3.63, 3.8) is 0 Å². The molecule has 0 spiro atoms. The molecule has 1 rings (SSSR count). The second-order valence-corrected chi connectivity index (χ2v) is 4.05. The van der Waals surface area contributed by atoms with Gasteiger partial charge in [0, 0.05) is 32.7 Å². The van der Waals surface area contributed by atoms with Crippen LogP contribution in [0, 0.1) is 11.3 Å². The molecule has 0 aromatic heterocycles. The smallest absolute Gasteiger partial charge is 0 e. The molecule has 1 aliphatic rings. The van der Waals surface area contributed by atoms with Crippen molar-refractivity contribution in [2.45, 2.75) is 46.0 Å². The molecule has 0 heterocycles. The third kappa shape index (κ3) is 2.63. The molecule has 1 fully saturated rings. The van der Waals surface area contributed by atoms with Crippen molar-refractivity contribution in [1.82, 2.24) is 0 Å². The molecule has 1 nitrogen and oxygen atoms in total. The normalized spacial score (nSPS) is 20.6. The van der Waals surface area contributed by atoms with E-state index in [0.29, 0.717) is 17.8 Å². The summed E-state index contributed by atoms with van der Waals surface area (Å²) in [6.07, 6.45) is 7.82. The van der Waals surface area contributed by atoms with Gasteiger partial charge in [0.05, 0.1) is 0 Å². The van der Waals surface area contributed by atoms with Gasteiger partial charge in [-0.3, -0.25) is 6.29 Å². The van der Waals surface area contributed by atoms with Crippen molar-refractivity contribution < 1.29 is 37.5 Å². The summed E-state index contributed by atoms with van der Waals surface area (Å²) in [7, 11) is 0. The van der Waals surface area contributed by atoms with Crippen LogP contribution in [0.2, 0.25) is 0 Å². The molecule has 0 saturated heterocycles. The second-order valence-electron chi connectivity index (χ2n) is 4.05. The van der Waals surface area contributed by atoms with Crippen LogP contribution >= 0.6 is 0 Å². The molecule has 67 valence electrons. The molecule has 0 N–H and O–H groups in total. The van der Waals surface area contributed by atoms with E-state index in [4.69, 9.17) is 0 Å². The molecule has 2 heteroatoms. The van der Waals surface area contributed by atoms with Gasteiger partial charge >= 0.3 is 0 Å². The Morgan fingerprint density at radius 1 is 1.33 bits per heavy atom. The fourth-order valence-corrected chi connectivity index (χ4v) is 2.18. The molecule has 0 aromatic carbocycles. The van der Waals surface area contributed by atoms with Crippen molar-refractivity contribution >= 4 is 6.29 Å². The van der Waals surface area contributed by atoms with Gasteiger partial charge in [0.1, 0.15) is 0 Å². The van der Waals surface area contributed by atoms with E-state index in [2.05, 4.69) is 20.1 Å². The van der Waals surface area contributed by atoms with Crippen LogP contribution in [0.5, 0.6) is 0 Å². The van der Waals surface area contributed by atoms with Crippen molar-refractivity contribution in [2.75, 3.05) is 0 Å². The van der Waals surface area contributed by atoms with Crippen molar-refractivity contribution in [2.24, 2.45) is 11.3 Å². The van der Waals surface area contributed by atoms with Crippen LogP contribution < -0.4 is 0 Å². The minimum Gasteiger partial charge on any atom is -0.542 e. The number of carbonyl (C=O) groups excluding carboxylic acids is 1. The first-order valence-corrected chi connectivity index (χ1v) is 4.56. The molecule has 1 aliphatic carbocycles. The van der Waals surface area contributed by atoms with Crippen molar-refractivity contribution in [1.29, 1.82) is 0 Å². The van der Waals surface area contributed by atoms with Crippen LogP contribution in [0.1, 0.15) is 46.0 Å². The maximum absolute atomic E-state index is 10.3. The van der Waals surface area contributed by atoms with Crippen LogP contribution in [-0.2, 0) is 37.5 Å². The third-order valence-electron chi connectivity index (χ3n) is 3.25. The van der Waals surface area contributed by atoms with E-state index in [9.17, 15) is 4.79 Å². The molecule has 0 unspecified atom stereocenters. The Labute approximate surface area is 101 Å². The Bertz CT molecular complexity index is 137. The maximum atomic E-state index is 10.3. The average Bonchev–Trinajstić information content (AvgIpc) is 2.38. The zero-order chi connectivity index (χ0) is 8.32. The van der Waals surface area contributed by atoms with Gasteiger partial charge in [0.15, 0.2) is 0 Å². The standard InChI is InChI=1S/C10H17O.Y/c1-9(2)10(7-8-11)5-3-4-6-10;/h9H,3-7H2,1-2H3;/q-1;. The Morgan fingerprint density at radius 2 is 1.83 bits per heavy atom. The molecule has 0 atom stereocenters. The van der Waals surface area contributed by atoms with Gasteiger partial charge in [-0.25, -0.2) is 0 Å². The average molecular weight is 242 g/mol. The van der Waals surface area contributed by atoms with Crippen LogP contribution in [0.4, 0.5) is 0 Å². The summed E-state index contributed by atoms with van der Waals surface area (Å²) in [6, 6.07) is 0. The Kier molecular flexibility index (Phi) is 5.85. The van der Waals surface area contributed by atoms with Gasteiger partial charge in [0.2, 0.25) is 0 Å². The largest absolute Gasteiger partial charge is 0.542 e. The van der Waals surface area contributed by atoms with Crippen LogP contribution in [-0.4, -0.2) is 6.29 Å². The zero-order valence-corrected chi connectivity index (χ0v) is 10.9. The van der Waals surface area contributed by atoms with E-state index in [1.165, 1.54) is 25.7 Å². The first kappa shape index (κ1) is 12.8. The van der Waals surface area contributed by atoms with Gasteiger partial charge in [-0.05, 0) is 18.8 Å². The Balaban J connectivity index is 0.00000121. The van der Waals surface area contributed by atoms with Gasteiger partial charge in [-0.15, -0.1) is 6.42 Å². The first-order chi connectivity index (χ1) is 5.21. The number of hydrogen-bond donors (Lipinski definition) is 0. The SMILES string of the molecule is CC(C)C1(C[C-]=O)CCCC1.[Y]. The van der Waals surface area contributed by atoms with E-state index < -0.39 is 0 Å². The van der Waals surface area contributed by atoms with Gasteiger partial charge in [-0.1, -0.05) is 32.1 Å². The third-order valence-corrected chi connectivity index (χ3v) is 3.25. The van der Waals surface area contributed by atoms with E-state index in [-0.39, 0.29) is 32.7 Å². The number of rotatable bonds is 3. The molecular formula is C10H17OY-. The van der Waals surface area contributed by atoms with Gasteiger partial charge in [0.25, 0.3) is 0 Å². The fourth-order valence-electron chi connectivity index (χ4n) is 2.18.